The van der Waals surface area contributed by atoms with E-state index in [0.29, 0.717) is 37.8 Å². The van der Waals surface area contributed by atoms with E-state index in [4.69, 9.17) is 15.9 Å². The molecule has 0 fully saturated rings. The van der Waals surface area contributed by atoms with Gasteiger partial charge in [0.05, 0.1) is 29.0 Å². The zero-order chi connectivity index (χ0) is 27.4. The first-order valence-corrected chi connectivity index (χ1v) is 13.0. The van der Waals surface area contributed by atoms with Gasteiger partial charge in [-0.05, 0) is 60.5 Å². The number of fused-ring (bicyclic) bond motifs is 1. The van der Waals surface area contributed by atoms with E-state index in [9.17, 15) is 9.59 Å². The van der Waals surface area contributed by atoms with E-state index in [0.717, 1.165) is 11.1 Å². The van der Waals surface area contributed by atoms with Crippen LogP contribution in [0.1, 0.15) is 24.1 Å². The number of nitrogens with one attached hydrogen (secondary N) is 1. The maximum Gasteiger partial charge on any atom is 0.271 e. The van der Waals surface area contributed by atoms with Crippen molar-refractivity contribution in [2.75, 3.05) is 19.0 Å². The smallest absolute Gasteiger partial charge is 0.271 e. The number of ether oxygens (including phenoxy) is 2. The van der Waals surface area contributed by atoms with Crippen LogP contribution in [0.25, 0.3) is 6.08 Å². The van der Waals surface area contributed by atoms with Crippen molar-refractivity contribution >= 4 is 29.0 Å². The summed E-state index contributed by atoms with van der Waals surface area (Å²) < 4.78 is 13.0. The highest BCUT2D eigenvalue weighted by atomic mass is 32.1. The van der Waals surface area contributed by atoms with Crippen LogP contribution in [0.3, 0.4) is 0 Å². The molecule has 1 aliphatic rings. The van der Waals surface area contributed by atoms with Crippen LogP contribution in [-0.2, 0) is 4.79 Å². The number of rotatable bonds is 7. The number of hydrogen-bond donors (Lipinski definition) is 1. The zero-order valence-corrected chi connectivity index (χ0v) is 22.2. The molecule has 2 heterocycles. The van der Waals surface area contributed by atoms with Crippen molar-refractivity contribution in [3.8, 4) is 23.8 Å². The molecule has 7 nitrogen and oxygen atoms in total. The molecule has 0 aliphatic carbocycles. The van der Waals surface area contributed by atoms with E-state index in [2.05, 4.69) is 16.2 Å². The highest BCUT2D eigenvalue weighted by Gasteiger charge is 2.32. The second kappa shape index (κ2) is 11.3. The minimum Gasteiger partial charge on any atom is -0.497 e. The number of aromatic nitrogens is 1. The standard InChI is InChI=1S/C31H25N3O4S/c1-4-17-38-24-15-13-21(14-16-24)18-26-30(36)34-28(22-9-8-12-25(19-22)37-3)27(20(2)32-31(34)39-26)29(35)33-23-10-6-5-7-11-23/h1,5-16,18-19,28H,17H2,2-3H3,(H,33,35)/b26-18-/t28-/m1/s1. The van der Waals surface area contributed by atoms with Crippen LogP contribution in [0.5, 0.6) is 11.5 Å². The number of methoxy groups -OCH3 is 1. The molecule has 39 heavy (non-hydrogen) atoms. The van der Waals surface area contributed by atoms with E-state index < -0.39 is 6.04 Å². The van der Waals surface area contributed by atoms with E-state index in [1.165, 1.54) is 11.3 Å². The maximum absolute atomic E-state index is 13.8. The molecule has 1 amide bonds. The summed E-state index contributed by atoms with van der Waals surface area (Å²) in [6, 6.07) is 23.2. The van der Waals surface area contributed by atoms with Gasteiger partial charge in [0.25, 0.3) is 11.5 Å². The number of benzene rings is 3. The molecular weight excluding hydrogens is 510 g/mol. The van der Waals surface area contributed by atoms with Crippen molar-refractivity contribution < 1.29 is 14.3 Å². The van der Waals surface area contributed by atoms with Gasteiger partial charge in [0.1, 0.15) is 18.1 Å². The number of carbonyl (C=O) groups is 1. The van der Waals surface area contributed by atoms with E-state index >= 15 is 0 Å². The monoisotopic (exact) mass is 535 g/mol. The largest absolute Gasteiger partial charge is 0.497 e. The maximum atomic E-state index is 13.8. The first kappa shape index (κ1) is 25.8. The van der Waals surface area contributed by atoms with Crippen molar-refractivity contribution in [1.29, 1.82) is 0 Å². The fourth-order valence-electron chi connectivity index (χ4n) is 4.40. The Morgan fingerprint density at radius 2 is 1.87 bits per heavy atom. The summed E-state index contributed by atoms with van der Waals surface area (Å²) in [5.41, 5.74) is 2.91. The average Bonchev–Trinajstić information content (AvgIpc) is 3.26. The van der Waals surface area contributed by atoms with Crippen LogP contribution < -0.4 is 29.7 Å². The Morgan fingerprint density at radius 3 is 2.59 bits per heavy atom. The third kappa shape index (κ3) is 5.40. The van der Waals surface area contributed by atoms with Crippen LogP contribution in [0.15, 0.2) is 99.9 Å². The SMILES string of the molecule is C#CCOc1ccc(/C=c2\sc3n(c2=O)[C@H](c2cccc(OC)c2)C(C(=O)Nc2ccccc2)=C(C)N=3)cc1. The van der Waals surface area contributed by atoms with Crippen molar-refractivity contribution in [2.45, 2.75) is 13.0 Å². The van der Waals surface area contributed by atoms with Gasteiger partial charge in [-0.25, -0.2) is 4.99 Å². The fourth-order valence-corrected chi connectivity index (χ4v) is 5.44. The lowest BCUT2D eigenvalue weighted by atomic mass is 9.95. The summed E-state index contributed by atoms with van der Waals surface area (Å²) >= 11 is 1.28. The zero-order valence-electron chi connectivity index (χ0n) is 21.4. The number of nitrogens with zero attached hydrogens (tertiary/aromatic N) is 2. The Bertz CT molecular complexity index is 1780. The fraction of sp³-hybridized carbons (Fsp3) is 0.129. The van der Waals surface area contributed by atoms with E-state index in [1.54, 1.807) is 36.8 Å². The van der Waals surface area contributed by atoms with Crippen LogP contribution >= 0.6 is 11.3 Å². The minimum atomic E-state index is -0.693. The first-order chi connectivity index (χ1) is 19.0. The van der Waals surface area contributed by atoms with E-state index in [1.807, 2.05) is 66.7 Å². The Morgan fingerprint density at radius 1 is 1.10 bits per heavy atom. The lowest BCUT2D eigenvalue weighted by molar-refractivity contribution is -0.113. The molecule has 1 aliphatic heterocycles. The molecule has 1 N–H and O–H groups in total. The number of terminal acetylenes is 1. The molecule has 3 aromatic carbocycles. The number of allylic oxidation sites excluding steroid dienone is 1. The Hall–Kier alpha value is -4.87. The second-order valence-corrected chi connectivity index (χ2v) is 9.75. The van der Waals surface area contributed by atoms with Crippen molar-refractivity contribution in [3.05, 3.63) is 121 Å². The molecule has 1 aromatic heterocycles. The summed E-state index contributed by atoms with van der Waals surface area (Å²) in [6.45, 7) is 1.97. The highest BCUT2D eigenvalue weighted by Crippen LogP contribution is 2.32. The molecule has 5 rings (SSSR count). The molecule has 8 heteroatoms. The molecule has 0 saturated carbocycles. The van der Waals surface area contributed by atoms with Crippen LogP contribution in [0, 0.1) is 12.3 Å². The Kier molecular flexibility index (Phi) is 7.43. The van der Waals surface area contributed by atoms with Gasteiger partial charge in [0, 0.05) is 5.69 Å². The van der Waals surface area contributed by atoms with Crippen LogP contribution in [-0.4, -0.2) is 24.2 Å². The molecule has 0 bridgehead atoms. The number of carbonyl (C=O) groups excluding carboxylic acids is 1. The van der Waals surface area contributed by atoms with Gasteiger partial charge >= 0.3 is 0 Å². The van der Waals surface area contributed by atoms with Gasteiger partial charge in [-0.3, -0.25) is 14.2 Å². The Labute approximate surface area is 229 Å². The molecule has 0 radical (unpaired) electrons. The number of hydrogen-bond acceptors (Lipinski definition) is 6. The van der Waals surface area contributed by atoms with Crippen LogP contribution in [0.2, 0.25) is 0 Å². The second-order valence-electron chi connectivity index (χ2n) is 8.74. The van der Waals surface area contributed by atoms with Gasteiger partial charge in [0.2, 0.25) is 0 Å². The molecule has 0 saturated heterocycles. The normalized spacial score (nSPS) is 14.7. The predicted octanol–water partition coefficient (Wildman–Crippen LogP) is 3.89. The quantitative estimate of drug-likeness (QED) is 0.364. The summed E-state index contributed by atoms with van der Waals surface area (Å²) in [5, 5.41) is 2.96. The molecule has 194 valence electrons. The predicted molar refractivity (Wildman–Crippen MR) is 153 cm³/mol. The average molecular weight is 536 g/mol. The number of anilines is 1. The summed E-state index contributed by atoms with van der Waals surface area (Å²) in [4.78, 5) is 32.7. The first-order valence-electron chi connectivity index (χ1n) is 12.2. The summed E-state index contributed by atoms with van der Waals surface area (Å²) in [6.07, 6.45) is 7.06. The van der Waals surface area contributed by atoms with Gasteiger partial charge < -0.3 is 14.8 Å². The van der Waals surface area contributed by atoms with E-state index in [-0.39, 0.29) is 18.1 Å². The molecule has 1 atom stereocenters. The van der Waals surface area contributed by atoms with Gasteiger partial charge in [-0.1, -0.05) is 59.7 Å². The van der Waals surface area contributed by atoms with Crippen molar-refractivity contribution in [2.24, 2.45) is 4.99 Å². The Balaban J connectivity index is 1.62. The molecule has 0 spiro atoms. The highest BCUT2D eigenvalue weighted by molar-refractivity contribution is 7.07. The minimum absolute atomic E-state index is 0.182. The third-order valence-electron chi connectivity index (χ3n) is 6.21. The summed E-state index contributed by atoms with van der Waals surface area (Å²) in [7, 11) is 1.58. The third-order valence-corrected chi connectivity index (χ3v) is 7.19. The number of amides is 1. The number of para-hydroxylation sites is 1. The lowest BCUT2D eigenvalue weighted by Crippen LogP contribution is -2.40. The number of thiazole rings is 1. The molecule has 0 unspecified atom stereocenters. The van der Waals surface area contributed by atoms with Gasteiger partial charge in [-0.2, -0.15) is 0 Å². The molecular formula is C31H25N3O4S. The van der Waals surface area contributed by atoms with Crippen molar-refractivity contribution in [3.63, 3.8) is 0 Å². The summed E-state index contributed by atoms with van der Waals surface area (Å²) in [5.74, 6) is 3.38. The molecule has 4 aromatic rings. The van der Waals surface area contributed by atoms with Gasteiger partial charge in [-0.15, -0.1) is 6.42 Å². The van der Waals surface area contributed by atoms with Crippen molar-refractivity contribution in [1.82, 2.24) is 4.57 Å². The van der Waals surface area contributed by atoms with Crippen LogP contribution in [0.4, 0.5) is 5.69 Å². The van der Waals surface area contributed by atoms with Gasteiger partial charge in [0.15, 0.2) is 4.80 Å². The lowest BCUT2D eigenvalue weighted by Gasteiger charge is -2.25. The topological polar surface area (TPSA) is 81.9 Å².